The number of anilines is 2. The number of hydrogen-bond donors (Lipinski definition) is 1. The standard InChI is InChI=1S/C15H13N5/c1-11-9-14(19-13-6-2-3-8-17-13)20-15(18-11)12-5-4-7-16-10-12/h2-10H,1H3,(H,17,18,19,20). The zero-order valence-corrected chi connectivity index (χ0v) is 11.0. The van der Waals surface area contributed by atoms with Gasteiger partial charge in [-0.1, -0.05) is 6.07 Å². The van der Waals surface area contributed by atoms with E-state index in [9.17, 15) is 0 Å². The third-order valence-corrected chi connectivity index (χ3v) is 2.69. The fourth-order valence-corrected chi connectivity index (χ4v) is 1.82. The number of hydrogen-bond acceptors (Lipinski definition) is 5. The molecule has 1 N–H and O–H groups in total. The molecule has 3 aromatic heterocycles. The second kappa shape index (κ2) is 5.44. The molecule has 5 nitrogen and oxygen atoms in total. The van der Waals surface area contributed by atoms with E-state index < -0.39 is 0 Å². The van der Waals surface area contributed by atoms with Crippen molar-refractivity contribution in [3.8, 4) is 11.4 Å². The van der Waals surface area contributed by atoms with Crippen LogP contribution in [-0.4, -0.2) is 19.9 Å². The molecule has 0 amide bonds. The van der Waals surface area contributed by atoms with E-state index in [1.165, 1.54) is 0 Å². The average Bonchev–Trinajstić information content (AvgIpc) is 2.49. The van der Waals surface area contributed by atoms with Gasteiger partial charge < -0.3 is 5.32 Å². The first kappa shape index (κ1) is 12.2. The molecule has 0 saturated carbocycles. The van der Waals surface area contributed by atoms with Crippen LogP contribution in [0.1, 0.15) is 5.69 Å². The third kappa shape index (κ3) is 2.77. The van der Waals surface area contributed by atoms with Crippen molar-refractivity contribution in [2.75, 3.05) is 5.32 Å². The highest BCUT2D eigenvalue weighted by molar-refractivity contribution is 5.59. The number of aryl methyl sites for hydroxylation is 1. The van der Waals surface area contributed by atoms with Crippen molar-refractivity contribution < 1.29 is 0 Å². The highest BCUT2D eigenvalue weighted by atomic mass is 15.1. The molecule has 0 aliphatic heterocycles. The Balaban J connectivity index is 1.95. The normalized spacial score (nSPS) is 10.2. The second-order valence-corrected chi connectivity index (χ2v) is 4.30. The van der Waals surface area contributed by atoms with Crippen molar-refractivity contribution in [1.29, 1.82) is 0 Å². The van der Waals surface area contributed by atoms with E-state index in [0.717, 1.165) is 22.9 Å². The van der Waals surface area contributed by atoms with Crippen LogP contribution in [0.5, 0.6) is 0 Å². The Morgan fingerprint density at radius 1 is 0.950 bits per heavy atom. The monoisotopic (exact) mass is 263 g/mol. The topological polar surface area (TPSA) is 63.6 Å². The molecule has 0 spiro atoms. The Hall–Kier alpha value is -2.82. The van der Waals surface area contributed by atoms with Gasteiger partial charge in [0, 0.05) is 35.9 Å². The molecule has 3 rings (SSSR count). The minimum atomic E-state index is 0.650. The smallest absolute Gasteiger partial charge is 0.163 e. The zero-order chi connectivity index (χ0) is 13.8. The quantitative estimate of drug-likeness (QED) is 0.787. The third-order valence-electron chi connectivity index (χ3n) is 2.69. The minimum absolute atomic E-state index is 0.650. The first-order valence-corrected chi connectivity index (χ1v) is 6.25. The van der Waals surface area contributed by atoms with Gasteiger partial charge >= 0.3 is 0 Å². The number of rotatable bonds is 3. The van der Waals surface area contributed by atoms with Crippen LogP contribution in [0.4, 0.5) is 11.6 Å². The predicted octanol–water partition coefficient (Wildman–Crippen LogP) is 2.99. The van der Waals surface area contributed by atoms with Crippen molar-refractivity contribution in [3.63, 3.8) is 0 Å². The summed E-state index contributed by atoms with van der Waals surface area (Å²) in [4.78, 5) is 17.2. The van der Waals surface area contributed by atoms with Crippen LogP contribution in [0.15, 0.2) is 55.0 Å². The Bertz CT molecular complexity index is 698. The molecule has 5 heteroatoms. The van der Waals surface area contributed by atoms with Gasteiger partial charge in [0.1, 0.15) is 11.6 Å². The van der Waals surface area contributed by atoms with Gasteiger partial charge in [0.05, 0.1) is 0 Å². The highest BCUT2D eigenvalue weighted by Gasteiger charge is 2.05. The van der Waals surface area contributed by atoms with E-state index in [-0.39, 0.29) is 0 Å². The lowest BCUT2D eigenvalue weighted by atomic mass is 10.2. The molecule has 0 aliphatic rings. The Labute approximate surface area is 116 Å². The first-order chi connectivity index (χ1) is 9.81. The molecule has 0 saturated heterocycles. The largest absolute Gasteiger partial charge is 0.325 e. The van der Waals surface area contributed by atoms with Gasteiger partial charge in [0.2, 0.25) is 0 Å². The lowest BCUT2D eigenvalue weighted by Crippen LogP contribution is -2.00. The number of aromatic nitrogens is 4. The maximum Gasteiger partial charge on any atom is 0.163 e. The zero-order valence-electron chi connectivity index (χ0n) is 11.0. The lowest BCUT2D eigenvalue weighted by Gasteiger charge is -2.07. The summed E-state index contributed by atoms with van der Waals surface area (Å²) in [6, 6.07) is 11.4. The van der Waals surface area contributed by atoms with E-state index in [0.29, 0.717) is 5.82 Å². The summed E-state index contributed by atoms with van der Waals surface area (Å²) in [6.07, 6.45) is 5.21. The van der Waals surface area contributed by atoms with Crippen molar-refractivity contribution in [3.05, 3.63) is 60.7 Å². The molecule has 0 unspecified atom stereocenters. The first-order valence-electron chi connectivity index (χ1n) is 6.25. The van der Waals surface area contributed by atoms with E-state index in [2.05, 4.69) is 25.3 Å². The molecular weight excluding hydrogens is 250 g/mol. The van der Waals surface area contributed by atoms with Gasteiger partial charge in [-0.25, -0.2) is 15.0 Å². The molecule has 0 radical (unpaired) electrons. The van der Waals surface area contributed by atoms with Crippen molar-refractivity contribution in [1.82, 2.24) is 19.9 Å². The van der Waals surface area contributed by atoms with Crippen LogP contribution >= 0.6 is 0 Å². The molecule has 0 fully saturated rings. The number of nitrogens with one attached hydrogen (secondary N) is 1. The van der Waals surface area contributed by atoms with Gasteiger partial charge in [0.15, 0.2) is 5.82 Å². The summed E-state index contributed by atoms with van der Waals surface area (Å²) in [5, 5.41) is 3.17. The van der Waals surface area contributed by atoms with E-state index in [1.807, 2.05) is 43.3 Å². The Morgan fingerprint density at radius 3 is 2.65 bits per heavy atom. The van der Waals surface area contributed by atoms with Crippen LogP contribution in [-0.2, 0) is 0 Å². The van der Waals surface area contributed by atoms with Crippen molar-refractivity contribution >= 4 is 11.6 Å². The maximum atomic E-state index is 4.50. The molecule has 3 aromatic rings. The Morgan fingerprint density at radius 2 is 1.90 bits per heavy atom. The lowest BCUT2D eigenvalue weighted by molar-refractivity contribution is 1.10. The van der Waals surface area contributed by atoms with Crippen LogP contribution in [0, 0.1) is 6.92 Å². The molecular formula is C15H13N5. The molecule has 0 atom stereocenters. The molecule has 0 bridgehead atoms. The molecule has 98 valence electrons. The second-order valence-electron chi connectivity index (χ2n) is 4.30. The van der Waals surface area contributed by atoms with Gasteiger partial charge in [0.25, 0.3) is 0 Å². The summed E-state index contributed by atoms with van der Waals surface area (Å²) in [5.74, 6) is 2.12. The summed E-state index contributed by atoms with van der Waals surface area (Å²) < 4.78 is 0. The Kier molecular flexibility index (Phi) is 3.33. The van der Waals surface area contributed by atoms with Crippen LogP contribution in [0.25, 0.3) is 11.4 Å². The maximum absolute atomic E-state index is 4.50. The van der Waals surface area contributed by atoms with Crippen molar-refractivity contribution in [2.45, 2.75) is 6.92 Å². The molecule has 20 heavy (non-hydrogen) atoms. The van der Waals surface area contributed by atoms with Gasteiger partial charge in [-0.05, 0) is 31.2 Å². The average molecular weight is 263 g/mol. The highest BCUT2D eigenvalue weighted by Crippen LogP contribution is 2.18. The molecule has 0 aliphatic carbocycles. The number of nitrogens with zero attached hydrogens (tertiary/aromatic N) is 4. The van der Waals surface area contributed by atoms with E-state index in [4.69, 9.17) is 0 Å². The molecule has 0 aromatic carbocycles. The number of pyridine rings is 2. The van der Waals surface area contributed by atoms with Gasteiger partial charge in [-0.3, -0.25) is 4.98 Å². The van der Waals surface area contributed by atoms with Crippen LogP contribution in [0.3, 0.4) is 0 Å². The molecule has 3 heterocycles. The van der Waals surface area contributed by atoms with Gasteiger partial charge in [-0.2, -0.15) is 0 Å². The van der Waals surface area contributed by atoms with Crippen LogP contribution in [0.2, 0.25) is 0 Å². The fourth-order valence-electron chi connectivity index (χ4n) is 1.82. The van der Waals surface area contributed by atoms with Crippen LogP contribution < -0.4 is 5.32 Å². The predicted molar refractivity (Wildman–Crippen MR) is 77.5 cm³/mol. The summed E-state index contributed by atoms with van der Waals surface area (Å²) >= 11 is 0. The minimum Gasteiger partial charge on any atom is -0.325 e. The van der Waals surface area contributed by atoms with E-state index >= 15 is 0 Å². The van der Waals surface area contributed by atoms with Crippen molar-refractivity contribution in [2.24, 2.45) is 0 Å². The summed E-state index contributed by atoms with van der Waals surface area (Å²) in [7, 11) is 0. The van der Waals surface area contributed by atoms with E-state index in [1.54, 1.807) is 18.6 Å². The SMILES string of the molecule is Cc1cc(Nc2ccccn2)nc(-c2cccnc2)n1. The summed E-state index contributed by atoms with van der Waals surface area (Å²) in [6.45, 7) is 1.94. The summed E-state index contributed by atoms with van der Waals surface area (Å²) in [5.41, 5.74) is 1.78. The fraction of sp³-hybridized carbons (Fsp3) is 0.0667. The van der Waals surface area contributed by atoms with Gasteiger partial charge in [-0.15, -0.1) is 0 Å².